The standard InChI is InChI=1S/C11H12F3N3/c1-6-7(2)17(9(16)8(6)5-15)10(3-4-10)11(12,13)14/h3-4,16H2,1-2H3. The summed E-state index contributed by atoms with van der Waals surface area (Å²) in [6.07, 6.45) is -4.27. The Balaban J connectivity index is 2.67. The normalized spacial score (nSPS) is 17.9. The zero-order chi connectivity index (χ0) is 13.0. The van der Waals surface area contributed by atoms with Gasteiger partial charge in [-0.25, -0.2) is 0 Å². The smallest absolute Gasteiger partial charge is 0.384 e. The second-order valence-electron chi connectivity index (χ2n) is 4.45. The highest BCUT2D eigenvalue weighted by Gasteiger charge is 2.65. The second-order valence-corrected chi connectivity index (χ2v) is 4.45. The lowest BCUT2D eigenvalue weighted by Crippen LogP contribution is -2.36. The molecule has 0 bridgehead atoms. The maximum absolute atomic E-state index is 13.0. The fourth-order valence-corrected chi connectivity index (χ4v) is 2.28. The molecule has 1 heterocycles. The predicted octanol–water partition coefficient (Wildman–Crippen LogP) is 2.61. The van der Waals surface area contributed by atoms with Crippen LogP contribution in [-0.2, 0) is 5.54 Å². The van der Waals surface area contributed by atoms with E-state index in [2.05, 4.69) is 0 Å². The van der Waals surface area contributed by atoms with E-state index in [1.165, 1.54) is 0 Å². The molecule has 6 heteroatoms. The first-order chi connectivity index (χ1) is 7.76. The fraction of sp³-hybridized carbons (Fsp3) is 0.545. The lowest BCUT2D eigenvalue weighted by molar-refractivity contribution is -0.179. The first kappa shape index (κ1) is 11.8. The molecule has 0 saturated heterocycles. The molecule has 0 atom stereocenters. The molecule has 1 fully saturated rings. The van der Waals surface area contributed by atoms with Crippen LogP contribution in [-0.4, -0.2) is 10.7 Å². The molecule has 1 aliphatic carbocycles. The van der Waals surface area contributed by atoms with Crippen molar-refractivity contribution in [2.45, 2.75) is 38.4 Å². The van der Waals surface area contributed by atoms with Gasteiger partial charge in [0, 0.05) is 5.69 Å². The minimum absolute atomic E-state index is 0.0283. The van der Waals surface area contributed by atoms with Gasteiger partial charge < -0.3 is 10.3 Å². The number of nitrogens with two attached hydrogens (primary N) is 1. The highest BCUT2D eigenvalue weighted by molar-refractivity contribution is 5.59. The van der Waals surface area contributed by atoms with Gasteiger partial charge in [0.05, 0.1) is 5.56 Å². The topological polar surface area (TPSA) is 54.7 Å². The van der Waals surface area contributed by atoms with E-state index in [9.17, 15) is 13.2 Å². The van der Waals surface area contributed by atoms with E-state index in [-0.39, 0.29) is 24.2 Å². The quantitative estimate of drug-likeness (QED) is 0.824. The third-order valence-corrected chi connectivity index (χ3v) is 3.54. The zero-order valence-corrected chi connectivity index (χ0v) is 9.52. The number of alkyl halides is 3. The van der Waals surface area contributed by atoms with Gasteiger partial charge in [0.2, 0.25) is 0 Å². The molecule has 92 valence electrons. The van der Waals surface area contributed by atoms with Crippen molar-refractivity contribution in [2.75, 3.05) is 5.73 Å². The van der Waals surface area contributed by atoms with E-state index < -0.39 is 11.7 Å². The Bertz CT molecular complexity index is 516. The Morgan fingerprint density at radius 3 is 2.18 bits per heavy atom. The monoisotopic (exact) mass is 243 g/mol. The Morgan fingerprint density at radius 1 is 1.35 bits per heavy atom. The van der Waals surface area contributed by atoms with E-state index in [4.69, 9.17) is 11.0 Å². The summed E-state index contributed by atoms with van der Waals surface area (Å²) < 4.78 is 40.2. The van der Waals surface area contributed by atoms with Crippen LogP contribution < -0.4 is 5.73 Å². The fourth-order valence-electron chi connectivity index (χ4n) is 2.28. The van der Waals surface area contributed by atoms with Gasteiger partial charge in [-0.1, -0.05) is 0 Å². The van der Waals surface area contributed by atoms with Crippen LogP contribution in [0.3, 0.4) is 0 Å². The van der Waals surface area contributed by atoms with Gasteiger partial charge in [0.25, 0.3) is 0 Å². The van der Waals surface area contributed by atoms with E-state index in [0.717, 1.165) is 4.57 Å². The number of nitrogens with zero attached hydrogens (tertiary/aromatic N) is 2. The van der Waals surface area contributed by atoms with Crippen molar-refractivity contribution in [2.24, 2.45) is 0 Å². The summed E-state index contributed by atoms with van der Waals surface area (Å²) in [6, 6.07) is 1.86. The third kappa shape index (κ3) is 1.35. The SMILES string of the molecule is Cc1c(C#N)c(N)n(C2(C(F)(F)F)CC2)c1C. The molecular weight excluding hydrogens is 231 g/mol. The Kier molecular flexibility index (Phi) is 2.22. The number of aromatic nitrogens is 1. The van der Waals surface area contributed by atoms with Crippen molar-refractivity contribution in [3.8, 4) is 6.07 Å². The molecule has 17 heavy (non-hydrogen) atoms. The van der Waals surface area contributed by atoms with Crippen molar-refractivity contribution in [3.05, 3.63) is 16.8 Å². The van der Waals surface area contributed by atoms with Crippen LogP contribution in [0.15, 0.2) is 0 Å². The van der Waals surface area contributed by atoms with Gasteiger partial charge in [-0.15, -0.1) is 0 Å². The van der Waals surface area contributed by atoms with Crippen molar-refractivity contribution >= 4 is 5.82 Å². The number of anilines is 1. The van der Waals surface area contributed by atoms with E-state index in [0.29, 0.717) is 11.3 Å². The first-order valence-corrected chi connectivity index (χ1v) is 5.21. The summed E-state index contributed by atoms with van der Waals surface area (Å²) >= 11 is 0. The van der Waals surface area contributed by atoms with Crippen LogP contribution in [0.2, 0.25) is 0 Å². The number of hydrogen-bond acceptors (Lipinski definition) is 2. The van der Waals surface area contributed by atoms with Crippen molar-refractivity contribution in [1.29, 1.82) is 5.26 Å². The van der Waals surface area contributed by atoms with Crippen LogP contribution in [0.25, 0.3) is 0 Å². The summed E-state index contributed by atoms with van der Waals surface area (Å²) in [4.78, 5) is 0. The zero-order valence-electron chi connectivity index (χ0n) is 9.52. The highest BCUT2D eigenvalue weighted by Crippen LogP contribution is 2.57. The van der Waals surface area contributed by atoms with Crippen molar-refractivity contribution < 1.29 is 13.2 Å². The molecule has 2 rings (SSSR count). The molecule has 0 unspecified atom stereocenters. The summed E-state index contributed by atoms with van der Waals surface area (Å²) in [7, 11) is 0. The summed E-state index contributed by atoms with van der Waals surface area (Å²) in [5.74, 6) is -0.0719. The van der Waals surface area contributed by atoms with E-state index in [1.54, 1.807) is 13.8 Å². The number of rotatable bonds is 1. The molecule has 3 nitrogen and oxygen atoms in total. The second kappa shape index (κ2) is 3.19. The molecule has 1 saturated carbocycles. The first-order valence-electron chi connectivity index (χ1n) is 5.21. The predicted molar refractivity (Wildman–Crippen MR) is 56.3 cm³/mol. The minimum atomic E-state index is -4.33. The molecule has 0 amide bonds. The molecule has 0 spiro atoms. The lowest BCUT2D eigenvalue weighted by atomic mass is 10.2. The average molecular weight is 243 g/mol. The Hall–Kier alpha value is -1.64. The number of nitriles is 1. The van der Waals surface area contributed by atoms with Gasteiger partial charge >= 0.3 is 6.18 Å². The van der Waals surface area contributed by atoms with Crippen molar-refractivity contribution in [3.63, 3.8) is 0 Å². The van der Waals surface area contributed by atoms with Crippen LogP contribution >= 0.6 is 0 Å². The van der Waals surface area contributed by atoms with Crippen molar-refractivity contribution in [1.82, 2.24) is 4.57 Å². The molecule has 1 aliphatic rings. The molecule has 2 N–H and O–H groups in total. The average Bonchev–Trinajstić information content (AvgIpc) is 2.95. The number of halogens is 3. The van der Waals surface area contributed by atoms with Crippen LogP contribution in [0.4, 0.5) is 19.0 Å². The van der Waals surface area contributed by atoms with Gasteiger partial charge in [-0.05, 0) is 32.3 Å². The summed E-state index contributed by atoms with van der Waals surface area (Å²) in [6.45, 7) is 3.19. The highest BCUT2D eigenvalue weighted by atomic mass is 19.4. The van der Waals surface area contributed by atoms with Gasteiger partial charge in [-0.2, -0.15) is 18.4 Å². The Morgan fingerprint density at radius 2 is 1.88 bits per heavy atom. The summed E-state index contributed by atoms with van der Waals surface area (Å²) in [5.41, 5.74) is 4.89. The minimum Gasteiger partial charge on any atom is -0.384 e. The molecule has 0 aromatic carbocycles. The molecule has 0 aliphatic heterocycles. The molecule has 1 aromatic heterocycles. The molecular formula is C11H12F3N3. The molecule has 0 radical (unpaired) electrons. The maximum Gasteiger partial charge on any atom is 0.412 e. The molecule has 1 aromatic rings. The van der Waals surface area contributed by atoms with E-state index >= 15 is 0 Å². The number of hydrogen-bond donors (Lipinski definition) is 1. The van der Waals surface area contributed by atoms with E-state index in [1.807, 2.05) is 6.07 Å². The third-order valence-electron chi connectivity index (χ3n) is 3.54. The maximum atomic E-state index is 13.0. The van der Waals surface area contributed by atoms with Crippen LogP contribution in [0.5, 0.6) is 0 Å². The van der Waals surface area contributed by atoms with Crippen LogP contribution in [0.1, 0.15) is 29.7 Å². The number of nitrogen functional groups attached to an aromatic ring is 1. The lowest BCUT2D eigenvalue weighted by Gasteiger charge is -2.24. The van der Waals surface area contributed by atoms with Gasteiger partial charge in [-0.3, -0.25) is 0 Å². The largest absolute Gasteiger partial charge is 0.412 e. The Labute approximate surface area is 96.6 Å². The van der Waals surface area contributed by atoms with Crippen LogP contribution in [0, 0.1) is 25.2 Å². The van der Waals surface area contributed by atoms with Gasteiger partial charge in [0.15, 0.2) is 0 Å². The summed E-state index contributed by atoms with van der Waals surface area (Å²) in [5, 5.41) is 8.90. The van der Waals surface area contributed by atoms with Gasteiger partial charge in [0.1, 0.15) is 17.4 Å².